The van der Waals surface area contributed by atoms with Crippen LogP contribution in [-0.2, 0) is 17.1 Å². The Kier molecular flexibility index (Phi) is 47000. The molecule has 0 saturated heterocycles. The second-order valence-corrected chi connectivity index (χ2v) is 0. The minimum absolute atomic E-state index is 0. The molecule has 0 rings (SSSR count). The molecule has 0 atom stereocenters. The Morgan fingerprint density at radius 3 is 0.353 bits per heavy atom. The molecule has 0 aliphatic heterocycles. The van der Waals surface area contributed by atoms with Gasteiger partial charge in [-0.1, -0.05) is 0 Å². The summed E-state index contributed by atoms with van der Waals surface area (Å²) in [4.78, 5) is 0. The van der Waals surface area contributed by atoms with Crippen molar-refractivity contribution in [3.8, 4) is 0 Å². The molecule has 0 aromatic carbocycles. The van der Waals surface area contributed by atoms with E-state index in [1.807, 2.05) is 0 Å². The fraction of sp³-hybridized carbons (Fsp3) is 0. The molecular formula is C7CuKN7Sn. The van der Waals surface area contributed by atoms with Gasteiger partial charge in [-0.05, 0) is 0 Å². The first kappa shape index (κ1) is 95.1. The van der Waals surface area contributed by atoms with Gasteiger partial charge in [0.1, 0.15) is 0 Å². The van der Waals surface area contributed by atoms with Crippen LogP contribution in [-0.4, -0.2) is 23.9 Å². The summed E-state index contributed by atoms with van der Waals surface area (Å²) >= 11 is 0. The smallest absolute Gasteiger partial charge is 0.512 e. The standard InChI is InChI=1S/7CN.Cu.K.Sn/c7*1-2;;;/q7*-1;+2;+1;+4. The van der Waals surface area contributed by atoms with Crippen LogP contribution in [0.25, 0.3) is 0 Å². The van der Waals surface area contributed by atoms with Crippen LogP contribution < -0.4 is 51.4 Å². The van der Waals surface area contributed by atoms with Gasteiger partial charge in [0.25, 0.3) is 0 Å². The number of hydrogen-bond acceptors (Lipinski definition) is 7. The van der Waals surface area contributed by atoms with Crippen LogP contribution in [0.2, 0.25) is 0 Å². The quantitative estimate of drug-likeness (QED) is 0.313. The summed E-state index contributed by atoms with van der Waals surface area (Å²) in [7, 11) is 0. The minimum Gasteiger partial charge on any atom is -0.512 e. The molecule has 1 radical (unpaired) electrons. The van der Waals surface area contributed by atoms with Crippen LogP contribution in [0.15, 0.2) is 0 Å². The predicted molar refractivity (Wildman–Crippen MR) is 40.5 cm³/mol. The molecule has 0 fully saturated rings. The Balaban J connectivity index is -0.00000000408. The van der Waals surface area contributed by atoms with Gasteiger partial charge in [-0.25, -0.2) is 0 Å². The molecule has 0 spiro atoms. The molecule has 0 amide bonds. The molecule has 0 unspecified atom stereocenters. The minimum atomic E-state index is 0. The third kappa shape index (κ3) is 7280. The Morgan fingerprint density at radius 2 is 0.353 bits per heavy atom. The van der Waals surface area contributed by atoms with E-state index in [-0.39, 0.29) is 92.4 Å². The van der Waals surface area contributed by atoms with Crippen LogP contribution >= 0.6 is 0 Å². The van der Waals surface area contributed by atoms with Crippen molar-refractivity contribution in [2.45, 2.75) is 0 Å². The molecule has 0 aliphatic carbocycles. The van der Waals surface area contributed by atoms with E-state index in [2.05, 4.69) is 0 Å². The van der Waals surface area contributed by atoms with Crippen LogP contribution in [0, 0.1) is 82.8 Å². The fourth-order valence-corrected chi connectivity index (χ4v) is 0. The topological polar surface area (TPSA) is 167 Å². The monoisotopic (exact) mass is 404 g/mol. The molecular weight excluding hydrogens is 403 g/mol. The van der Waals surface area contributed by atoms with Gasteiger partial charge >= 0.3 is 92.4 Å². The predicted octanol–water partition coefficient (Wildman–Crippen LogP) is -2.70. The maximum atomic E-state index is 6.25. The Bertz CT molecular complexity index is 122. The molecule has 0 heterocycles. The van der Waals surface area contributed by atoms with E-state index in [0.717, 1.165) is 0 Å². The largest absolute Gasteiger partial charge is 4.00 e. The summed E-state index contributed by atoms with van der Waals surface area (Å²) in [6.45, 7) is 33.2. The Morgan fingerprint density at radius 1 is 0.353 bits per heavy atom. The first-order valence-electron chi connectivity index (χ1n) is 1.57. The van der Waals surface area contributed by atoms with Crippen molar-refractivity contribution in [1.82, 2.24) is 0 Å². The van der Waals surface area contributed by atoms with Crippen LogP contribution in [0.1, 0.15) is 0 Å². The normalized spacial score (nSPS) is 0.824. The number of rotatable bonds is 0. The van der Waals surface area contributed by atoms with Crippen molar-refractivity contribution < 1.29 is 68.5 Å². The Hall–Kier alpha value is -0.615. The zero-order valence-corrected chi connectivity index (χ0v) is 15.4. The van der Waals surface area contributed by atoms with E-state index in [0.29, 0.717) is 0 Å². The third-order valence-corrected chi connectivity index (χ3v) is 0. The first-order valence-corrected chi connectivity index (χ1v) is 1.57. The van der Waals surface area contributed by atoms with E-state index < -0.39 is 0 Å². The Labute approximate surface area is 172 Å². The van der Waals surface area contributed by atoms with Gasteiger partial charge < -0.3 is 82.8 Å². The molecule has 0 aromatic heterocycles. The molecule has 0 aromatic rings. The van der Waals surface area contributed by atoms with E-state index in [1.165, 1.54) is 0 Å². The summed E-state index contributed by atoms with van der Waals surface area (Å²) in [6, 6.07) is 0. The summed E-state index contributed by atoms with van der Waals surface area (Å²) in [6.07, 6.45) is 0. The van der Waals surface area contributed by atoms with Gasteiger partial charge in [0.05, 0.1) is 0 Å². The molecule has 0 N–H and O–H groups in total. The first-order chi connectivity index (χ1) is 7.00. The van der Waals surface area contributed by atoms with Crippen molar-refractivity contribution >= 4 is 23.9 Å². The van der Waals surface area contributed by atoms with Gasteiger partial charge in [0.2, 0.25) is 0 Å². The summed E-state index contributed by atoms with van der Waals surface area (Å²) in [5.74, 6) is 0. The molecule has 10 heteroatoms. The molecule has 79 valence electrons. The van der Waals surface area contributed by atoms with Crippen molar-refractivity contribution in [3.05, 3.63) is 46.0 Å². The van der Waals surface area contributed by atoms with Gasteiger partial charge in [0.15, 0.2) is 0 Å². The second-order valence-electron chi connectivity index (χ2n) is 0. The van der Waals surface area contributed by atoms with Gasteiger partial charge in [-0.2, -0.15) is 0 Å². The van der Waals surface area contributed by atoms with Crippen LogP contribution in [0.3, 0.4) is 0 Å². The molecule has 17 heavy (non-hydrogen) atoms. The van der Waals surface area contributed by atoms with Gasteiger partial charge in [-0.15, -0.1) is 0 Å². The van der Waals surface area contributed by atoms with Gasteiger partial charge in [0, 0.05) is 0 Å². The van der Waals surface area contributed by atoms with E-state index in [9.17, 15) is 0 Å². The summed E-state index contributed by atoms with van der Waals surface area (Å²) in [5, 5.41) is 43.8. The maximum Gasteiger partial charge on any atom is 4.00 e. The zero-order chi connectivity index (χ0) is 14.0. The van der Waals surface area contributed by atoms with Gasteiger partial charge in [-0.3, -0.25) is 0 Å². The van der Waals surface area contributed by atoms with E-state index in [4.69, 9.17) is 82.8 Å². The average Bonchev–Trinajstić information content (AvgIpc) is 2.45. The molecule has 0 bridgehead atoms. The summed E-state index contributed by atoms with van der Waals surface area (Å²) in [5.41, 5.74) is 0. The van der Waals surface area contributed by atoms with Crippen molar-refractivity contribution in [3.63, 3.8) is 0 Å². The average molecular weight is 403 g/mol. The van der Waals surface area contributed by atoms with Crippen LogP contribution in [0.4, 0.5) is 0 Å². The summed E-state index contributed by atoms with van der Waals surface area (Å²) < 4.78 is 0. The van der Waals surface area contributed by atoms with Crippen molar-refractivity contribution in [2.75, 3.05) is 0 Å². The SMILES string of the molecule is [C-]#N.[C-]#N.[C-]#N.[C-]#N.[C-]#N.[C-]#N.[C-]#N.[Cu+2].[K+].[Sn+4]. The number of hydrogen-bond donors (Lipinski definition) is 0. The number of nitrogens with zero attached hydrogens (tertiary/aromatic N) is 7. The van der Waals surface area contributed by atoms with Crippen molar-refractivity contribution in [1.29, 1.82) is 36.8 Å². The molecule has 7 nitrogen and oxygen atoms in total. The molecule has 0 aliphatic rings. The van der Waals surface area contributed by atoms with E-state index in [1.54, 1.807) is 0 Å². The molecule has 0 saturated carbocycles. The van der Waals surface area contributed by atoms with E-state index >= 15 is 0 Å². The maximum absolute atomic E-state index is 6.25. The van der Waals surface area contributed by atoms with Crippen LogP contribution in [0.5, 0.6) is 0 Å². The zero-order valence-electron chi connectivity index (χ0n) is 8.43. The third-order valence-electron chi connectivity index (χ3n) is 0. The van der Waals surface area contributed by atoms with Crippen molar-refractivity contribution in [2.24, 2.45) is 0 Å². The fourth-order valence-electron chi connectivity index (χ4n) is 0. The second kappa shape index (κ2) is 8400.